The number of hydrogen-bond acceptors (Lipinski definition) is 3. The Labute approximate surface area is 167 Å². The lowest BCUT2D eigenvalue weighted by Crippen LogP contribution is -2.49. The van der Waals surface area contributed by atoms with Crippen molar-refractivity contribution in [2.24, 2.45) is 0 Å². The maximum absolute atomic E-state index is 13.0. The van der Waals surface area contributed by atoms with E-state index in [2.05, 4.69) is 11.4 Å². The third kappa shape index (κ3) is 5.35. The van der Waals surface area contributed by atoms with E-state index < -0.39 is 6.04 Å². The quantitative estimate of drug-likeness (QED) is 0.760. The predicted molar refractivity (Wildman–Crippen MR) is 111 cm³/mol. The van der Waals surface area contributed by atoms with Gasteiger partial charge in [0.2, 0.25) is 5.91 Å². The van der Waals surface area contributed by atoms with Crippen LogP contribution in [-0.4, -0.2) is 36.4 Å². The third-order valence-electron chi connectivity index (χ3n) is 4.94. The van der Waals surface area contributed by atoms with Gasteiger partial charge in [0.25, 0.3) is 5.91 Å². The van der Waals surface area contributed by atoms with Gasteiger partial charge in [-0.2, -0.15) is 0 Å². The Balaban J connectivity index is 2.22. The maximum atomic E-state index is 13.0. The molecule has 5 nitrogen and oxygen atoms in total. The summed E-state index contributed by atoms with van der Waals surface area (Å²) in [5, 5.41) is 2.66. The summed E-state index contributed by atoms with van der Waals surface area (Å²) in [5.41, 5.74) is 4.20. The molecule has 0 saturated carbocycles. The molecule has 0 aliphatic heterocycles. The Morgan fingerprint density at radius 1 is 1.11 bits per heavy atom. The van der Waals surface area contributed by atoms with Gasteiger partial charge in [-0.3, -0.25) is 9.59 Å². The highest BCUT2D eigenvalue weighted by Crippen LogP contribution is 2.23. The molecule has 0 fully saturated rings. The monoisotopic (exact) mass is 382 g/mol. The van der Waals surface area contributed by atoms with Crippen LogP contribution in [0, 0.1) is 20.8 Å². The minimum absolute atomic E-state index is 0.107. The van der Waals surface area contributed by atoms with Crippen molar-refractivity contribution in [1.82, 2.24) is 10.2 Å². The molecule has 0 unspecified atom stereocenters. The van der Waals surface area contributed by atoms with Gasteiger partial charge >= 0.3 is 0 Å². The Kier molecular flexibility index (Phi) is 7.61. The molecular formula is C23H30N2O3. The van der Waals surface area contributed by atoms with Crippen LogP contribution in [-0.2, 0) is 16.1 Å². The van der Waals surface area contributed by atoms with Crippen molar-refractivity contribution in [2.45, 2.75) is 46.7 Å². The molecule has 0 aliphatic rings. The summed E-state index contributed by atoms with van der Waals surface area (Å²) in [4.78, 5) is 27.0. The summed E-state index contributed by atoms with van der Waals surface area (Å²) < 4.78 is 5.86. The van der Waals surface area contributed by atoms with Gasteiger partial charge in [0.05, 0.1) is 0 Å². The number of ether oxygens (including phenoxy) is 1. The van der Waals surface area contributed by atoms with Crippen LogP contribution in [0.4, 0.5) is 0 Å². The molecule has 0 aromatic heterocycles. The molecule has 1 N–H and O–H groups in total. The number of rotatable bonds is 8. The average Bonchev–Trinajstić information content (AvgIpc) is 2.69. The number of benzene rings is 2. The van der Waals surface area contributed by atoms with Crippen LogP contribution in [0.5, 0.6) is 5.75 Å². The number of carbonyl (C=O) groups excluding carboxylic acids is 2. The van der Waals surface area contributed by atoms with Gasteiger partial charge in [-0.15, -0.1) is 0 Å². The molecule has 0 bridgehead atoms. The molecule has 0 aliphatic carbocycles. The minimum Gasteiger partial charge on any atom is -0.483 e. The molecular weight excluding hydrogens is 352 g/mol. The normalized spacial score (nSPS) is 11.6. The SMILES string of the molecule is CC[C@H](C(=O)NC)N(Cc1ccccc1)C(=O)COc1cc(C)cc(C)c1C. The maximum Gasteiger partial charge on any atom is 0.261 e. The van der Waals surface area contributed by atoms with Crippen LogP contribution >= 0.6 is 0 Å². The van der Waals surface area contributed by atoms with E-state index in [0.29, 0.717) is 18.7 Å². The number of nitrogens with zero attached hydrogens (tertiary/aromatic N) is 1. The zero-order valence-electron chi connectivity index (χ0n) is 17.4. The second-order valence-corrected chi connectivity index (χ2v) is 7.04. The van der Waals surface area contributed by atoms with Crippen molar-refractivity contribution in [1.29, 1.82) is 0 Å². The third-order valence-corrected chi connectivity index (χ3v) is 4.94. The Morgan fingerprint density at radius 2 is 1.79 bits per heavy atom. The smallest absolute Gasteiger partial charge is 0.261 e. The summed E-state index contributed by atoms with van der Waals surface area (Å²) in [6, 6.07) is 13.2. The average molecular weight is 383 g/mol. The zero-order chi connectivity index (χ0) is 20.7. The lowest BCUT2D eigenvalue weighted by atomic mass is 10.1. The highest BCUT2D eigenvalue weighted by molar-refractivity contribution is 5.88. The highest BCUT2D eigenvalue weighted by atomic mass is 16.5. The van der Waals surface area contributed by atoms with Crippen molar-refractivity contribution in [2.75, 3.05) is 13.7 Å². The van der Waals surface area contributed by atoms with Crippen molar-refractivity contribution >= 4 is 11.8 Å². The lowest BCUT2D eigenvalue weighted by Gasteiger charge is -2.30. The minimum atomic E-state index is -0.540. The van der Waals surface area contributed by atoms with Gasteiger partial charge in [-0.1, -0.05) is 43.3 Å². The number of nitrogens with one attached hydrogen (secondary N) is 1. The predicted octanol–water partition coefficient (Wildman–Crippen LogP) is 3.54. The lowest BCUT2D eigenvalue weighted by molar-refractivity contribution is -0.142. The molecule has 28 heavy (non-hydrogen) atoms. The zero-order valence-corrected chi connectivity index (χ0v) is 17.4. The number of likely N-dealkylation sites (N-methyl/N-ethyl adjacent to an activating group) is 1. The first-order valence-electron chi connectivity index (χ1n) is 9.63. The molecule has 0 spiro atoms. The molecule has 2 aromatic carbocycles. The fraction of sp³-hybridized carbons (Fsp3) is 0.391. The van der Waals surface area contributed by atoms with E-state index in [1.54, 1.807) is 11.9 Å². The summed E-state index contributed by atoms with van der Waals surface area (Å²) in [7, 11) is 1.59. The molecule has 0 heterocycles. The number of carbonyl (C=O) groups is 2. The number of hydrogen-bond donors (Lipinski definition) is 1. The van der Waals surface area contributed by atoms with Crippen molar-refractivity contribution in [3.05, 3.63) is 64.7 Å². The number of amides is 2. The van der Waals surface area contributed by atoms with Gasteiger partial charge in [0.15, 0.2) is 6.61 Å². The Hall–Kier alpha value is -2.82. The summed E-state index contributed by atoms with van der Waals surface area (Å²) in [6.07, 6.45) is 0.529. The van der Waals surface area contributed by atoms with E-state index in [1.807, 2.05) is 64.1 Å². The van der Waals surface area contributed by atoms with Crippen LogP contribution in [0.3, 0.4) is 0 Å². The molecule has 2 rings (SSSR count). The van der Waals surface area contributed by atoms with Crippen molar-refractivity contribution < 1.29 is 14.3 Å². The van der Waals surface area contributed by atoms with Crippen LogP contribution in [0.15, 0.2) is 42.5 Å². The first-order chi connectivity index (χ1) is 13.4. The summed E-state index contributed by atoms with van der Waals surface area (Å²) in [6.45, 7) is 8.17. The van der Waals surface area contributed by atoms with E-state index in [4.69, 9.17) is 4.74 Å². The molecule has 0 radical (unpaired) electrons. The van der Waals surface area contributed by atoms with Crippen molar-refractivity contribution in [3.8, 4) is 5.75 Å². The Bertz CT molecular complexity index is 818. The highest BCUT2D eigenvalue weighted by Gasteiger charge is 2.28. The van der Waals surface area contributed by atoms with E-state index in [-0.39, 0.29) is 18.4 Å². The van der Waals surface area contributed by atoms with Gasteiger partial charge in [0.1, 0.15) is 11.8 Å². The summed E-state index contributed by atoms with van der Waals surface area (Å²) >= 11 is 0. The molecule has 0 saturated heterocycles. The molecule has 2 amide bonds. The first-order valence-corrected chi connectivity index (χ1v) is 9.63. The van der Waals surface area contributed by atoms with Crippen LogP contribution < -0.4 is 10.1 Å². The van der Waals surface area contributed by atoms with E-state index in [0.717, 1.165) is 22.3 Å². The van der Waals surface area contributed by atoms with E-state index in [9.17, 15) is 9.59 Å². The van der Waals surface area contributed by atoms with E-state index >= 15 is 0 Å². The van der Waals surface area contributed by atoms with Gasteiger partial charge < -0.3 is 15.0 Å². The van der Waals surface area contributed by atoms with Crippen molar-refractivity contribution in [3.63, 3.8) is 0 Å². The number of aryl methyl sites for hydroxylation is 2. The van der Waals surface area contributed by atoms with Crippen LogP contribution in [0.1, 0.15) is 35.6 Å². The fourth-order valence-electron chi connectivity index (χ4n) is 3.24. The Morgan fingerprint density at radius 3 is 2.39 bits per heavy atom. The van der Waals surface area contributed by atoms with Gasteiger partial charge in [0, 0.05) is 13.6 Å². The molecule has 150 valence electrons. The van der Waals surface area contributed by atoms with Crippen LogP contribution in [0.25, 0.3) is 0 Å². The molecule has 1 atom stereocenters. The topological polar surface area (TPSA) is 58.6 Å². The molecule has 2 aromatic rings. The second kappa shape index (κ2) is 9.93. The van der Waals surface area contributed by atoms with Gasteiger partial charge in [-0.05, 0) is 55.5 Å². The van der Waals surface area contributed by atoms with E-state index in [1.165, 1.54) is 0 Å². The van der Waals surface area contributed by atoms with Gasteiger partial charge in [-0.25, -0.2) is 0 Å². The first kappa shape index (κ1) is 21.5. The largest absolute Gasteiger partial charge is 0.483 e. The second-order valence-electron chi connectivity index (χ2n) is 7.04. The fourth-order valence-corrected chi connectivity index (χ4v) is 3.24. The van der Waals surface area contributed by atoms with Crippen LogP contribution in [0.2, 0.25) is 0 Å². The standard InChI is InChI=1S/C23H30N2O3/c1-6-20(23(27)24-5)25(14-19-10-8-7-9-11-19)22(26)15-28-21-13-16(2)12-17(3)18(21)4/h7-13,20H,6,14-15H2,1-5H3,(H,24,27)/t20-/m1/s1. The summed E-state index contributed by atoms with van der Waals surface area (Å²) in [5.74, 6) is 0.325. The molecule has 5 heteroatoms.